The molecule has 3 N–H and O–H groups in total. The van der Waals surface area contributed by atoms with Crippen molar-refractivity contribution in [2.75, 3.05) is 56.2 Å². The number of likely N-dealkylation sites (tertiary alicyclic amines) is 1. The number of fused-ring (bicyclic) bond motifs is 1. The number of nitrogens with one attached hydrogen (secondary N) is 3. The number of carbonyl (C=O) groups excluding carboxylic acids is 1. The molecule has 0 bridgehead atoms. The molecule has 1 unspecified atom stereocenters. The highest BCUT2D eigenvalue weighted by molar-refractivity contribution is 7.90. The number of carbonyl (C=O) groups is 1. The highest BCUT2D eigenvalue weighted by atomic mass is 35.5. The lowest BCUT2D eigenvalue weighted by Crippen LogP contribution is -2.40. The lowest BCUT2D eigenvalue weighted by molar-refractivity contribution is 0.0699. The molecule has 0 spiro atoms. The Labute approximate surface area is 346 Å². The van der Waals surface area contributed by atoms with E-state index in [1.165, 1.54) is 30.9 Å². The molecule has 3 saturated heterocycles. The number of aromatic nitrogens is 2. The fraction of sp³-hybridized carbons (Fsp3) is 0.422. The number of hydrogen-bond acceptors (Lipinski definition) is 9. The first-order valence-corrected chi connectivity index (χ1v) is 22.5. The Morgan fingerprint density at radius 2 is 1.72 bits per heavy atom. The molecule has 1 atom stereocenters. The molecule has 0 saturated carbocycles. The average Bonchev–Trinajstić information content (AvgIpc) is 3.58. The van der Waals surface area contributed by atoms with E-state index in [-0.39, 0.29) is 16.2 Å². The van der Waals surface area contributed by atoms with Crippen LogP contribution in [0.5, 0.6) is 11.5 Å². The molecule has 2 aromatic heterocycles. The number of amides is 1. The number of halogens is 1. The predicted octanol–water partition coefficient (Wildman–Crippen LogP) is 9.11. The van der Waals surface area contributed by atoms with Gasteiger partial charge in [0.15, 0.2) is 0 Å². The van der Waals surface area contributed by atoms with Gasteiger partial charge in [0.25, 0.3) is 15.9 Å². The van der Waals surface area contributed by atoms with Gasteiger partial charge >= 0.3 is 0 Å². The van der Waals surface area contributed by atoms with Gasteiger partial charge in [0.05, 0.1) is 16.7 Å². The smallest absolute Gasteiger partial charge is 0.268 e. The van der Waals surface area contributed by atoms with Gasteiger partial charge in [-0.15, -0.1) is 0 Å². The number of piperidine rings is 1. The summed E-state index contributed by atoms with van der Waals surface area (Å²) in [6.45, 7) is 8.08. The second-order valence-electron chi connectivity index (χ2n) is 16.1. The van der Waals surface area contributed by atoms with E-state index in [0.29, 0.717) is 29.3 Å². The largest absolute Gasteiger partial charge is 0.455 e. The molecule has 306 valence electrons. The first kappa shape index (κ1) is 40.2. The first-order valence-electron chi connectivity index (χ1n) is 20.7. The highest BCUT2D eigenvalue weighted by Gasteiger charge is 2.29. The van der Waals surface area contributed by atoms with Crippen LogP contribution in [-0.2, 0) is 14.8 Å². The molecule has 13 heteroatoms. The molecule has 5 aromatic rings. The van der Waals surface area contributed by atoms with Gasteiger partial charge in [-0.2, -0.15) is 0 Å². The zero-order valence-corrected chi connectivity index (χ0v) is 34.7. The first-order chi connectivity index (χ1) is 28.2. The molecule has 1 amide bonds. The molecular formula is C45H53ClN6O5S. The lowest BCUT2D eigenvalue weighted by Gasteiger charge is -2.38. The minimum atomic E-state index is -4.20. The van der Waals surface area contributed by atoms with Crippen LogP contribution in [0.25, 0.3) is 11.0 Å². The minimum absolute atomic E-state index is 0.0127. The van der Waals surface area contributed by atoms with Crippen molar-refractivity contribution in [3.05, 3.63) is 107 Å². The fourth-order valence-electron chi connectivity index (χ4n) is 8.68. The van der Waals surface area contributed by atoms with E-state index >= 15 is 0 Å². The Kier molecular flexibility index (Phi) is 12.5. The molecule has 8 rings (SSSR count). The molecule has 3 fully saturated rings. The summed E-state index contributed by atoms with van der Waals surface area (Å²) in [7, 11) is -4.20. The number of rotatable bonds is 12. The van der Waals surface area contributed by atoms with E-state index in [1.807, 2.05) is 43.3 Å². The summed E-state index contributed by atoms with van der Waals surface area (Å²) in [4.78, 5) is 26.5. The quantitative estimate of drug-likeness (QED) is 0.113. The molecule has 3 aromatic carbocycles. The van der Waals surface area contributed by atoms with Crippen molar-refractivity contribution in [3.8, 4) is 11.5 Å². The van der Waals surface area contributed by atoms with Crippen molar-refractivity contribution in [3.63, 3.8) is 0 Å². The van der Waals surface area contributed by atoms with Crippen LogP contribution in [0.4, 0.5) is 11.4 Å². The predicted molar refractivity (Wildman–Crippen MR) is 230 cm³/mol. The fourth-order valence-corrected chi connectivity index (χ4v) is 9.86. The molecule has 58 heavy (non-hydrogen) atoms. The average molecular weight is 825 g/mol. The highest BCUT2D eigenvalue weighted by Crippen LogP contribution is 2.36. The van der Waals surface area contributed by atoms with Crippen LogP contribution in [0, 0.1) is 18.8 Å². The van der Waals surface area contributed by atoms with Gasteiger partial charge in [-0.25, -0.2) is 18.1 Å². The van der Waals surface area contributed by atoms with Crippen molar-refractivity contribution < 1.29 is 22.7 Å². The number of pyridine rings is 1. The summed E-state index contributed by atoms with van der Waals surface area (Å²) in [5.74, 6) is 0.989. The number of nitrogens with zero attached hydrogens (tertiary/aromatic N) is 3. The molecule has 0 radical (unpaired) electrons. The number of H-pyrrole nitrogens is 1. The molecule has 3 aliphatic rings. The van der Waals surface area contributed by atoms with Gasteiger partial charge in [-0.1, -0.05) is 36.6 Å². The van der Waals surface area contributed by atoms with E-state index < -0.39 is 15.9 Å². The van der Waals surface area contributed by atoms with E-state index in [4.69, 9.17) is 21.1 Å². The Morgan fingerprint density at radius 1 is 0.914 bits per heavy atom. The van der Waals surface area contributed by atoms with E-state index in [2.05, 4.69) is 41.9 Å². The maximum absolute atomic E-state index is 13.9. The molecular weight excluding hydrogens is 772 g/mol. The van der Waals surface area contributed by atoms with E-state index in [1.54, 1.807) is 30.6 Å². The number of hydrogen-bond donors (Lipinski definition) is 3. The summed E-state index contributed by atoms with van der Waals surface area (Å²) in [5, 5.41) is 5.09. The molecule has 5 heterocycles. The summed E-state index contributed by atoms with van der Waals surface area (Å²) in [5.41, 5.74) is 4.73. The normalized spacial score (nSPS) is 18.9. The second-order valence-corrected chi connectivity index (χ2v) is 18.2. The van der Waals surface area contributed by atoms with Gasteiger partial charge in [0.2, 0.25) is 0 Å². The third kappa shape index (κ3) is 9.63. The van der Waals surface area contributed by atoms with Crippen molar-refractivity contribution in [2.45, 2.75) is 69.2 Å². The number of sulfonamides is 1. The van der Waals surface area contributed by atoms with Gasteiger partial charge in [-0.05, 0) is 130 Å². The number of aromatic amines is 1. The summed E-state index contributed by atoms with van der Waals surface area (Å²) in [6.07, 6.45) is 12.4. The minimum Gasteiger partial charge on any atom is -0.455 e. The summed E-state index contributed by atoms with van der Waals surface area (Å²) >= 11 is 6.24. The summed E-state index contributed by atoms with van der Waals surface area (Å²) < 4.78 is 41.5. The lowest BCUT2D eigenvalue weighted by atomic mass is 9.93. The zero-order valence-electron chi connectivity index (χ0n) is 33.1. The van der Waals surface area contributed by atoms with Crippen LogP contribution < -0.4 is 19.7 Å². The van der Waals surface area contributed by atoms with Crippen LogP contribution in [0.1, 0.15) is 78.9 Å². The van der Waals surface area contributed by atoms with Crippen molar-refractivity contribution in [1.82, 2.24) is 19.6 Å². The van der Waals surface area contributed by atoms with Crippen LogP contribution in [0.3, 0.4) is 0 Å². The van der Waals surface area contributed by atoms with Crippen LogP contribution in [0.15, 0.2) is 90.1 Å². The van der Waals surface area contributed by atoms with Crippen molar-refractivity contribution >= 4 is 49.9 Å². The second kappa shape index (κ2) is 18.1. The monoisotopic (exact) mass is 824 g/mol. The molecule has 11 nitrogen and oxygen atoms in total. The molecule has 0 aliphatic carbocycles. The van der Waals surface area contributed by atoms with Gasteiger partial charge in [-0.3, -0.25) is 9.69 Å². The van der Waals surface area contributed by atoms with Crippen LogP contribution in [-0.4, -0.2) is 75.1 Å². The van der Waals surface area contributed by atoms with Crippen LogP contribution in [0.2, 0.25) is 5.02 Å². The van der Waals surface area contributed by atoms with Gasteiger partial charge in [0.1, 0.15) is 17.1 Å². The van der Waals surface area contributed by atoms with Crippen LogP contribution >= 0.6 is 11.6 Å². The Bertz CT molecular complexity index is 2300. The number of benzene rings is 3. The van der Waals surface area contributed by atoms with Gasteiger partial charge < -0.3 is 24.7 Å². The van der Waals surface area contributed by atoms with Crippen molar-refractivity contribution in [2.24, 2.45) is 11.8 Å². The van der Waals surface area contributed by atoms with Gasteiger partial charge in [0, 0.05) is 79.5 Å². The number of anilines is 2. The Hall–Kier alpha value is -4.62. The van der Waals surface area contributed by atoms with E-state index in [9.17, 15) is 13.2 Å². The number of aryl methyl sites for hydroxylation is 1. The zero-order chi connectivity index (χ0) is 40.1. The third-order valence-electron chi connectivity index (χ3n) is 12.1. The Balaban J connectivity index is 0.970. The maximum atomic E-state index is 13.9. The number of ether oxygens (including phenoxy) is 2. The Morgan fingerprint density at radius 3 is 2.52 bits per heavy atom. The maximum Gasteiger partial charge on any atom is 0.268 e. The van der Waals surface area contributed by atoms with Crippen molar-refractivity contribution in [1.29, 1.82) is 0 Å². The SMILES string of the molecule is Cc1cc(S(=O)(=O)NC(=O)c2ccc(N3CCC(CN4CCCCCC4c4ccc(Cl)cc4)CC3)cc2Oc2cnc3[nH]ccc3c2)ccc1NCC1CCOCC1. The third-order valence-corrected chi connectivity index (χ3v) is 13.6. The standard InChI is InChI=1S/C45H53ClN6O5S/c1-31-25-39(11-13-41(31)48-28-32-17-23-56-24-18-32)58(54,55)50-45(53)40-12-10-37(27-43(40)57-38-26-35-14-19-47-44(35)49-29-38)51-21-15-33(16-22-51)30-52-20-4-2-3-5-42(52)34-6-8-36(46)9-7-34/h6-14,19,25-27,29,32-33,42,48H,2-5,15-18,20-24,28,30H2,1H3,(H,47,49)(H,50,53). The van der Waals surface area contributed by atoms with E-state index in [0.717, 1.165) is 105 Å². The summed E-state index contributed by atoms with van der Waals surface area (Å²) in [6, 6.07) is 22.8. The topological polar surface area (TPSA) is 129 Å². The molecule has 3 aliphatic heterocycles.